The van der Waals surface area contributed by atoms with Crippen LogP contribution >= 0.6 is 27.5 Å². The molecule has 0 aliphatic heterocycles. The van der Waals surface area contributed by atoms with E-state index in [4.69, 9.17) is 17.3 Å². The van der Waals surface area contributed by atoms with Crippen LogP contribution in [0.25, 0.3) is 0 Å². The van der Waals surface area contributed by atoms with Crippen molar-refractivity contribution in [3.63, 3.8) is 0 Å². The van der Waals surface area contributed by atoms with Gasteiger partial charge in [-0.1, -0.05) is 40.0 Å². The van der Waals surface area contributed by atoms with E-state index in [0.29, 0.717) is 12.0 Å². The summed E-state index contributed by atoms with van der Waals surface area (Å²) in [7, 11) is 2.18. The van der Waals surface area contributed by atoms with Crippen LogP contribution in [0.1, 0.15) is 24.8 Å². The molecule has 4 heteroatoms. The Kier molecular flexibility index (Phi) is 5.07. The van der Waals surface area contributed by atoms with Gasteiger partial charge >= 0.3 is 0 Å². The van der Waals surface area contributed by atoms with Crippen molar-refractivity contribution in [2.45, 2.75) is 31.8 Å². The van der Waals surface area contributed by atoms with Crippen LogP contribution < -0.4 is 5.73 Å². The SMILES string of the molecule is CN(Cc1ccc(Br)cc1Cl)C1CCCC1CN. The average molecular weight is 332 g/mol. The fourth-order valence-corrected chi connectivity index (χ4v) is 3.64. The van der Waals surface area contributed by atoms with Crippen molar-refractivity contribution in [3.8, 4) is 0 Å². The van der Waals surface area contributed by atoms with Crippen LogP contribution in [-0.4, -0.2) is 24.5 Å². The second-order valence-corrected chi connectivity index (χ2v) is 6.47. The molecule has 0 amide bonds. The Morgan fingerprint density at radius 1 is 1.44 bits per heavy atom. The van der Waals surface area contributed by atoms with Crippen molar-refractivity contribution < 1.29 is 0 Å². The summed E-state index contributed by atoms with van der Waals surface area (Å²) in [5, 5.41) is 0.832. The number of hydrogen-bond acceptors (Lipinski definition) is 2. The first-order valence-corrected chi connectivity index (χ1v) is 7.63. The molecular formula is C14H20BrClN2. The van der Waals surface area contributed by atoms with Crippen LogP contribution in [0.3, 0.4) is 0 Å². The maximum Gasteiger partial charge on any atom is 0.0462 e. The number of halogens is 2. The maximum absolute atomic E-state index is 6.27. The highest BCUT2D eigenvalue weighted by atomic mass is 79.9. The smallest absolute Gasteiger partial charge is 0.0462 e. The number of rotatable bonds is 4. The van der Waals surface area contributed by atoms with Gasteiger partial charge in [0.15, 0.2) is 0 Å². The molecule has 1 aliphatic rings. The monoisotopic (exact) mass is 330 g/mol. The predicted octanol–water partition coefficient (Wildman–Crippen LogP) is 3.66. The molecule has 2 N–H and O–H groups in total. The van der Waals surface area contributed by atoms with Crippen LogP contribution in [0.15, 0.2) is 22.7 Å². The molecule has 0 spiro atoms. The standard InChI is InChI=1S/C14H20BrClN2/c1-18(14-4-2-3-10(14)8-17)9-11-5-6-12(15)7-13(11)16/h5-7,10,14H,2-4,8-9,17H2,1H3. The van der Waals surface area contributed by atoms with Gasteiger partial charge in [-0.05, 0) is 50.0 Å². The summed E-state index contributed by atoms with van der Waals surface area (Å²) >= 11 is 9.70. The summed E-state index contributed by atoms with van der Waals surface area (Å²) < 4.78 is 1.03. The van der Waals surface area contributed by atoms with Crippen molar-refractivity contribution in [1.82, 2.24) is 4.90 Å². The highest BCUT2D eigenvalue weighted by molar-refractivity contribution is 9.10. The van der Waals surface area contributed by atoms with E-state index < -0.39 is 0 Å². The molecule has 2 unspecified atom stereocenters. The third kappa shape index (κ3) is 3.27. The molecular weight excluding hydrogens is 312 g/mol. The fourth-order valence-electron chi connectivity index (χ4n) is 2.91. The second-order valence-electron chi connectivity index (χ2n) is 5.14. The molecule has 0 saturated heterocycles. The molecule has 1 aromatic rings. The van der Waals surface area contributed by atoms with Gasteiger partial charge in [-0.3, -0.25) is 4.90 Å². The first kappa shape index (κ1) is 14.3. The lowest BCUT2D eigenvalue weighted by Gasteiger charge is -2.29. The van der Waals surface area contributed by atoms with Gasteiger partial charge in [0, 0.05) is 22.1 Å². The minimum atomic E-state index is 0.606. The number of benzene rings is 1. The van der Waals surface area contributed by atoms with Crippen LogP contribution in [0.5, 0.6) is 0 Å². The molecule has 0 aromatic heterocycles. The lowest BCUT2D eigenvalue weighted by molar-refractivity contribution is 0.193. The van der Waals surface area contributed by atoms with Crippen molar-refractivity contribution >= 4 is 27.5 Å². The fraction of sp³-hybridized carbons (Fsp3) is 0.571. The summed E-state index contributed by atoms with van der Waals surface area (Å²) in [6.07, 6.45) is 3.82. The van der Waals surface area contributed by atoms with Crippen molar-refractivity contribution in [2.75, 3.05) is 13.6 Å². The molecule has 2 atom stereocenters. The normalized spacial score (nSPS) is 23.8. The first-order valence-electron chi connectivity index (χ1n) is 6.46. The lowest BCUT2D eigenvalue weighted by Crippen LogP contribution is -2.37. The van der Waals surface area contributed by atoms with Crippen LogP contribution in [0.4, 0.5) is 0 Å². The van der Waals surface area contributed by atoms with Gasteiger partial charge in [0.25, 0.3) is 0 Å². The second kappa shape index (κ2) is 6.38. The van der Waals surface area contributed by atoms with Crippen LogP contribution in [-0.2, 0) is 6.54 Å². The number of nitrogens with two attached hydrogens (primary N) is 1. The summed E-state index contributed by atoms with van der Waals surface area (Å²) in [4.78, 5) is 2.40. The molecule has 0 radical (unpaired) electrons. The van der Waals surface area contributed by atoms with Crippen molar-refractivity contribution in [1.29, 1.82) is 0 Å². The van der Waals surface area contributed by atoms with Gasteiger partial charge in [-0.15, -0.1) is 0 Å². The van der Waals surface area contributed by atoms with Gasteiger partial charge in [-0.25, -0.2) is 0 Å². The summed E-state index contributed by atoms with van der Waals surface area (Å²) in [5.41, 5.74) is 7.03. The molecule has 1 fully saturated rings. The van der Waals surface area contributed by atoms with E-state index in [1.807, 2.05) is 12.1 Å². The van der Waals surface area contributed by atoms with Gasteiger partial charge < -0.3 is 5.73 Å². The summed E-state index contributed by atoms with van der Waals surface area (Å²) in [6, 6.07) is 6.70. The Hall–Kier alpha value is -0.0900. The summed E-state index contributed by atoms with van der Waals surface area (Å²) in [6.45, 7) is 1.69. The van der Waals surface area contributed by atoms with E-state index >= 15 is 0 Å². The van der Waals surface area contributed by atoms with Crippen LogP contribution in [0.2, 0.25) is 5.02 Å². The average Bonchev–Trinajstić information content (AvgIpc) is 2.81. The Labute approximate surface area is 123 Å². The Balaban J connectivity index is 2.04. The van der Waals surface area contributed by atoms with E-state index in [1.165, 1.54) is 24.8 Å². The third-order valence-electron chi connectivity index (χ3n) is 3.92. The quantitative estimate of drug-likeness (QED) is 0.912. The Morgan fingerprint density at radius 3 is 2.89 bits per heavy atom. The Bertz CT molecular complexity index is 411. The lowest BCUT2D eigenvalue weighted by atomic mass is 10.0. The predicted molar refractivity (Wildman–Crippen MR) is 80.8 cm³/mol. The third-order valence-corrected chi connectivity index (χ3v) is 4.77. The highest BCUT2D eigenvalue weighted by Crippen LogP contribution is 2.30. The van der Waals surface area contributed by atoms with Gasteiger partial charge in [-0.2, -0.15) is 0 Å². The molecule has 1 aromatic carbocycles. The summed E-state index contributed by atoms with van der Waals surface area (Å²) in [5.74, 6) is 0.643. The minimum absolute atomic E-state index is 0.606. The molecule has 100 valence electrons. The molecule has 2 rings (SSSR count). The molecule has 2 nitrogen and oxygen atoms in total. The van der Waals surface area contributed by atoms with Crippen molar-refractivity contribution in [3.05, 3.63) is 33.3 Å². The largest absolute Gasteiger partial charge is 0.330 e. The topological polar surface area (TPSA) is 29.3 Å². The number of hydrogen-bond donors (Lipinski definition) is 1. The van der Waals surface area contributed by atoms with Gasteiger partial charge in [0.2, 0.25) is 0 Å². The number of nitrogens with zero attached hydrogens (tertiary/aromatic N) is 1. The molecule has 18 heavy (non-hydrogen) atoms. The van der Waals surface area contributed by atoms with Gasteiger partial charge in [0.05, 0.1) is 0 Å². The zero-order valence-corrected chi connectivity index (χ0v) is 13.0. The van der Waals surface area contributed by atoms with Crippen molar-refractivity contribution in [2.24, 2.45) is 11.7 Å². The molecule has 1 saturated carbocycles. The van der Waals surface area contributed by atoms with Crippen LogP contribution in [0, 0.1) is 5.92 Å². The maximum atomic E-state index is 6.27. The van der Waals surface area contributed by atoms with E-state index in [-0.39, 0.29) is 0 Å². The minimum Gasteiger partial charge on any atom is -0.330 e. The van der Waals surface area contributed by atoms with E-state index in [9.17, 15) is 0 Å². The van der Waals surface area contributed by atoms with E-state index in [0.717, 1.165) is 22.6 Å². The molecule has 1 aliphatic carbocycles. The zero-order chi connectivity index (χ0) is 13.1. The molecule has 0 bridgehead atoms. The first-order chi connectivity index (χ1) is 8.61. The van der Waals surface area contributed by atoms with E-state index in [2.05, 4.69) is 33.9 Å². The highest BCUT2D eigenvalue weighted by Gasteiger charge is 2.29. The van der Waals surface area contributed by atoms with Gasteiger partial charge in [0.1, 0.15) is 0 Å². The molecule has 0 heterocycles. The zero-order valence-electron chi connectivity index (χ0n) is 10.7. The van der Waals surface area contributed by atoms with E-state index in [1.54, 1.807) is 0 Å². The Morgan fingerprint density at radius 2 is 2.22 bits per heavy atom.